The summed E-state index contributed by atoms with van der Waals surface area (Å²) < 4.78 is 28.4. The quantitative estimate of drug-likeness (QED) is 0.429. The largest absolute Gasteiger partial charge is 0.392 e. The van der Waals surface area contributed by atoms with Gasteiger partial charge in [-0.15, -0.1) is 0 Å². The minimum atomic E-state index is -3.55. The lowest BCUT2D eigenvalue weighted by molar-refractivity contribution is -0.116. The minimum Gasteiger partial charge on any atom is -0.392 e. The Morgan fingerprint density at radius 3 is 2.41 bits per heavy atom. The third-order valence-corrected chi connectivity index (χ3v) is 7.06. The van der Waals surface area contributed by atoms with Gasteiger partial charge < -0.3 is 20.3 Å². The van der Waals surface area contributed by atoms with E-state index >= 15 is 0 Å². The molecule has 0 spiro atoms. The van der Waals surface area contributed by atoms with E-state index in [4.69, 9.17) is 0 Å². The molecule has 10 heteroatoms. The van der Waals surface area contributed by atoms with Crippen LogP contribution in [0.5, 0.6) is 0 Å². The van der Waals surface area contributed by atoms with E-state index in [1.807, 2.05) is 24.3 Å². The summed E-state index contributed by atoms with van der Waals surface area (Å²) in [6.07, 6.45) is -0.566. The van der Waals surface area contributed by atoms with Crippen molar-refractivity contribution in [1.82, 2.24) is 13.9 Å². The summed E-state index contributed by atoms with van der Waals surface area (Å²) in [4.78, 5) is 17.4. The topological polar surface area (TPSA) is 117 Å². The van der Waals surface area contributed by atoms with E-state index in [9.17, 15) is 18.3 Å². The van der Waals surface area contributed by atoms with Crippen molar-refractivity contribution in [3.63, 3.8) is 0 Å². The molecule has 0 saturated carbocycles. The first-order valence-electron chi connectivity index (χ1n) is 10.5. The molecule has 0 fully saturated rings. The molecule has 0 saturated heterocycles. The van der Waals surface area contributed by atoms with Gasteiger partial charge in [-0.05, 0) is 43.3 Å². The Balaban J connectivity index is 1.76. The van der Waals surface area contributed by atoms with Crippen molar-refractivity contribution >= 4 is 38.6 Å². The standard InChI is InChI=1S/C22H29N5O4S/c1-4-26(5-2)32(30,31)18-12-10-17(11-13-18)24-21(29)15-27-20-9-7-6-8-19(20)25-22(27)23-14-16(3)28/h6-13,16,28H,4-5,14-15H2,1-3H3,(H,23,25)(H,24,29). The zero-order valence-corrected chi connectivity index (χ0v) is 19.3. The zero-order valence-electron chi connectivity index (χ0n) is 18.4. The minimum absolute atomic E-state index is 0.00214. The fourth-order valence-corrected chi connectivity index (χ4v) is 4.83. The first-order valence-corrected chi connectivity index (χ1v) is 12.0. The van der Waals surface area contributed by atoms with Crippen LogP contribution in [-0.4, -0.2) is 59.0 Å². The van der Waals surface area contributed by atoms with Gasteiger partial charge in [0.2, 0.25) is 21.9 Å². The number of nitrogens with one attached hydrogen (secondary N) is 2. The third kappa shape index (κ3) is 5.26. The van der Waals surface area contributed by atoms with Crippen molar-refractivity contribution in [2.24, 2.45) is 0 Å². The summed E-state index contributed by atoms with van der Waals surface area (Å²) in [7, 11) is -3.55. The van der Waals surface area contributed by atoms with Gasteiger partial charge in [0, 0.05) is 25.3 Å². The Kier molecular flexibility index (Phi) is 7.49. The van der Waals surface area contributed by atoms with Gasteiger partial charge in [0.25, 0.3) is 0 Å². The van der Waals surface area contributed by atoms with Crippen molar-refractivity contribution in [1.29, 1.82) is 0 Å². The maximum Gasteiger partial charge on any atom is 0.244 e. The molecule has 9 nitrogen and oxygen atoms in total. The van der Waals surface area contributed by atoms with Crippen LogP contribution in [0.2, 0.25) is 0 Å². The molecule has 2 aromatic carbocycles. The molecule has 0 bridgehead atoms. The average Bonchev–Trinajstić information content (AvgIpc) is 3.10. The number of anilines is 2. The number of carbonyl (C=O) groups is 1. The molecular weight excluding hydrogens is 430 g/mol. The van der Waals surface area contributed by atoms with Gasteiger partial charge >= 0.3 is 0 Å². The molecule has 0 aliphatic rings. The summed E-state index contributed by atoms with van der Waals surface area (Å²) in [6, 6.07) is 13.6. The summed E-state index contributed by atoms with van der Waals surface area (Å²) in [5.41, 5.74) is 2.02. The number of aromatic nitrogens is 2. The smallest absolute Gasteiger partial charge is 0.244 e. The number of hydrogen-bond donors (Lipinski definition) is 3. The lowest BCUT2D eigenvalue weighted by Crippen LogP contribution is -2.30. The number of rotatable bonds is 10. The SMILES string of the molecule is CCN(CC)S(=O)(=O)c1ccc(NC(=O)Cn2c(NCC(C)O)nc3ccccc32)cc1. The summed E-state index contributed by atoms with van der Waals surface area (Å²) in [5.74, 6) is 0.204. The molecule has 1 aromatic heterocycles. The Morgan fingerprint density at radius 1 is 1.12 bits per heavy atom. The van der Waals surface area contributed by atoms with Crippen LogP contribution in [0.3, 0.4) is 0 Å². The fourth-order valence-electron chi connectivity index (χ4n) is 3.38. The molecule has 1 heterocycles. The molecular formula is C22H29N5O4S. The second kappa shape index (κ2) is 10.1. The van der Waals surface area contributed by atoms with Gasteiger partial charge in [-0.1, -0.05) is 26.0 Å². The highest BCUT2D eigenvalue weighted by Gasteiger charge is 2.21. The maximum atomic E-state index is 12.7. The van der Waals surface area contributed by atoms with E-state index < -0.39 is 16.1 Å². The number of nitrogens with zero attached hydrogens (tertiary/aromatic N) is 3. The highest BCUT2D eigenvalue weighted by Crippen LogP contribution is 2.21. The van der Waals surface area contributed by atoms with E-state index in [0.717, 1.165) is 11.0 Å². The number of hydrogen-bond acceptors (Lipinski definition) is 6. The van der Waals surface area contributed by atoms with Gasteiger partial charge in [-0.3, -0.25) is 4.79 Å². The lowest BCUT2D eigenvalue weighted by atomic mass is 10.3. The molecule has 1 atom stereocenters. The molecule has 0 aliphatic heterocycles. The van der Waals surface area contributed by atoms with Crippen molar-refractivity contribution < 1.29 is 18.3 Å². The van der Waals surface area contributed by atoms with Crippen LogP contribution in [0.4, 0.5) is 11.6 Å². The molecule has 3 N–H and O–H groups in total. The molecule has 3 rings (SSSR count). The van der Waals surface area contributed by atoms with Crippen LogP contribution in [0.25, 0.3) is 11.0 Å². The van der Waals surface area contributed by atoms with E-state index in [-0.39, 0.29) is 17.3 Å². The fraction of sp³-hybridized carbons (Fsp3) is 0.364. The predicted molar refractivity (Wildman–Crippen MR) is 125 cm³/mol. The van der Waals surface area contributed by atoms with Crippen LogP contribution >= 0.6 is 0 Å². The van der Waals surface area contributed by atoms with E-state index in [2.05, 4.69) is 15.6 Å². The van der Waals surface area contributed by atoms with Gasteiger partial charge in [0.05, 0.1) is 22.0 Å². The maximum absolute atomic E-state index is 12.7. The van der Waals surface area contributed by atoms with Crippen LogP contribution < -0.4 is 10.6 Å². The van der Waals surface area contributed by atoms with Crippen LogP contribution in [0.1, 0.15) is 20.8 Å². The Labute approximate surface area is 188 Å². The molecule has 1 unspecified atom stereocenters. The highest BCUT2D eigenvalue weighted by atomic mass is 32.2. The normalized spacial score (nSPS) is 12.8. The number of benzene rings is 2. The summed E-state index contributed by atoms with van der Waals surface area (Å²) >= 11 is 0. The number of amides is 1. The number of sulfonamides is 1. The predicted octanol–water partition coefficient (Wildman–Crippen LogP) is 2.50. The number of imidazole rings is 1. The average molecular weight is 460 g/mol. The van der Waals surface area contributed by atoms with Gasteiger partial charge in [-0.25, -0.2) is 13.4 Å². The Morgan fingerprint density at radius 2 is 1.78 bits per heavy atom. The highest BCUT2D eigenvalue weighted by molar-refractivity contribution is 7.89. The molecule has 172 valence electrons. The van der Waals surface area contributed by atoms with Crippen molar-refractivity contribution in [3.8, 4) is 0 Å². The van der Waals surface area contributed by atoms with Crippen LogP contribution in [0, 0.1) is 0 Å². The van der Waals surface area contributed by atoms with E-state index in [1.165, 1.54) is 16.4 Å². The number of fused-ring (bicyclic) bond motifs is 1. The zero-order chi connectivity index (χ0) is 23.3. The summed E-state index contributed by atoms with van der Waals surface area (Å²) in [6.45, 7) is 6.33. The second-order valence-corrected chi connectivity index (χ2v) is 9.34. The third-order valence-electron chi connectivity index (χ3n) is 4.99. The van der Waals surface area contributed by atoms with Crippen molar-refractivity contribution in [3.05, 3.63) is 48.5 Å². The van der Waals surface area contributed by atoms with Crippen LogP contribution in [-0.2, 0) is 21.4 Å². The van der Waals surface area contributed by atoms with Gasteiger partial charge in [0.1, 0.15) is 6.54 Å². The van der Waals surface area contributed by atoms with Gasteiger partial charge in [-0.2, -0.15) is 4.31 Å². The number of aliphatic hydroxyl groups is 1. The second-order valence-electron chi connectivity index (χ2n) is 7.40. The van der Waals surface area contributed by atoms with E-state index in [1.54, 1.807) is 37.5 Å². The molecule has 32 heavy (non-hydrogen) atoms. The number of carbonyl (C=O) groups excluding carboxylic acids is 1. The molecule has 0 aliphatic carbocycles. The monoisotopic (exact) mass is 459 g/mol. The van der Waals surface area contributed by atoms with Crippen molar-refractivity contribution in [2.75, 3.05) is 30.3 Å². The van der Waals surface area contributed by atoms with Crippen molar-refractivity contribution in [2.45, 2.75) is 38.3 Å². The first kappa shape index (κ1) is 23.7. The lowest BCUT2D eigenvalue weighted by Gasteiger charge is -2.18. The molecule has 1 amide bonds. The number of aliphatic hydroxyl groups excluding tert-OH is 1. The van der Waals surface area contributed by atoms with E-state index in [0.29, 0.717) is 31.3 Å². The first-order chi connectivity index (χ1) is 15.3. The summed E-state index contributed by atoms with van der Waals surface area (Å²) in [5, 5.41) is 15.4. The van der Waals surface area contributed by atoms with Crippen LogP contribution in [0.15, 0.2) is 53.4 Å². The number of para-hydroxylation sites is 2. The van der Waals surface area contributed by atoms with Gasteiger partial charge in [0.15, 0.2) is 0 Å². The Hall–Kier alpha value is -2.95. The Bertz CT molecular complexity index is 1170. The molecule has 0 radical (unpaired) electrons. The molecule has 3 aromatic rings.